The van der Waals surface area contributed by atoms with Crippen LogP contribution >= 0.6 is 11.6 Å². The van der Waals surface area contributed by atoms with Gasteiger partial charge in [0.25, 0.3) is 5.91 Å². The highest BCUT2D eigenvalue weighted by atomic mass is 35.5. The van der Waals surface area contributed by atoms with E-state index in [1.54, 1.807) is 0 Å². The summed E-state index contributed by atoms with van der Waals surface area (Å²) in [5.41, 5.74) is -5.58. The van der Waals surface area contributed by atoms with Gasteiger partial charge in [-0.2, -0.15) is 13.2 Å². The molecule has 11 heteroatoms. The minimum atomic E-state index is -5.73. The highest BCUT2D eigenvalue weighted by molar-refractivity contribution is 6.34. The maximum Gasteiger partial charge on any atom is 0.422 e. The fraction of sp³-hybridized carbons (Fsp3) is 0.0714. The van der Waals surface area contributed by atoms with Gasteiger partial charge >= 0.3 is 6.18 Å². The number of hydrogen-bond acceptors (Lipinski definition) is 1. The van der Waals surface area contributed by atoms with Crippen LogP contribution in [0.2, 0.25) is 5.02 Å². The molecule has 0 unspecified atom stereocenters. The fourth-order valence-corrected chi connectivity index (χ4v) is 2.13. The van der Waals surface area contributed by atoms with E-state index in [-0.39, 0.29) is 0 Å². The van der Waals surface area contributed by atoms with Crippen molar-refractivity contribution in [3.05, 3.63) is 63.4 Å². The third-order valence-corrected chi connectivity index (χ3v) is 3.29. The van der Waals surface area contributed by atoms with Crippen LogP contribution in [0.15, 0.2) is 18.2 Å². The molecule has 0 aliphatic carbocycles. The van der Waals surface area contributed by atoms with Gasteiger partial charge in [0.05, 0.1) is 10.6 Å². The maximum atomic E-state index is 13.7. The number of anilines is 1. The summed E-state index contributed by atoms with van der Waals surface area (Å²) in [6.07, 6.45) is -5.73. The van der Waals surface area contributed by atoms with E-state index in [0.717, 1.165) is 18.2 Å². The Hall–Kier alpha value is -2.36. The Labute approximate surface area is 139 Å². The number of hydrogen-bond donors (Lipinski definition) is 1. The molecule has 0 aliphatic heterocycles. The van der Waals surface area contributed by atoms with Crippen LogP contribution in [0.5, 0.6) is 0 Å². The third-order valence-electron chi connectivity index (χ3n) is 2.98. The normalized spacial score (nSPS) is 11.6. The van der Waals surface area contributed by atoms with E-state index in [2.05, 4.69) is 0 Å². The number of alkyl halides is 3. The minimum Gasteiger partial charge on any atom is -0.317 e. The number of benzene rings is 2. The first kappa shape index (κ1) is 19.0. The summed E-state index contributed by atoms with van der Waals surface area (Å²) in [5.74, 6) is -13.4. The summed E-state index contributed by atoms with van der Waals surface area (Å²) in [6, 6.07) is 2.87. The minimum absolute atomic E-state index is 0.508. The molecule has 0 heterocycles. The third kappa shape index (κ3) is 3.39. The second kappa shape index (κ2) is 6.51. The summed E-state index contributed by atoms with van der Waals surface area (Å²) < 4.78 is 105. The van der Waals surface area contributed by atoms with E-state index in [4.69, 9.17) is 11.6 Å². The van der Waals surface area contributed by atoms with Crippen molar-refractivity contribution >= 4 is 23.2 Å². The van der Waals surface area contributed by atoms with Gasteiger partial charge in [0, 0.05) is 0 Å². The van der Waals surface area contributed by atoms with Gasteiger partial charge in [-0.3, -0.25) is 4.79 Å². The molecule has 0 aromatic heterocycles. The first-order valence-electron chi connectivity index (χ1n) is 6.15. The average Bonchev–Trinajstić information content (AvgIpc) is 2.48. The Kier molecular flexibility index (Phi) is 4.94. The molecular weight excluding hydrogens is 386 g/mol. The largest absolute Gasteiger partial charge is 0.422 e. The lowest BCUT2D eigenvalue weighted by Gasteiger charge is -2.15. The molecule has 2 aromatic carbocycles. The fourth-order valence-electron chi connectivity index (χ4n) is 1.88. The zero-order chi connectivity index (χ0) is 19.1. The quantitative estimate of drug-likeness (QED) is 0.547. The Morgan fingerprint density at radius 3 is 1.88 bits per heavy atom. The Morgan fingerprint density at radius 2 is 1.44 bits per heavy atom. The van der Waals surface area contributed by atoms with Crippen LogP contribution in [0.1, 0.15) is 15.9 Å². The van der Waals surface area contributed by atoms with Gasteiger partial charge in [-0.15, -0.1) is 0 Å². The van der Waals surface area contributed by atoms with E-state index in [0.29, 0.717) is 0 Å². The summed E-state index contributed by atoms with van der Waals surface area (Å²) in [5, 5.41) is 0.768. The average molecular weight is 390 g/mol. The zero-order valence-corrected chi connectivity index (χ0v) is 12.3. The van der Waals surface area contributed by atoms with E-state index in [9.17, 15) is 39.9 Å². The van der Waals surface area contributed by atoms with Gasteiger partial charge < -0.3 is 5.32 Å². The Bertz CT molecular complexity index is 816. The van der Waals surface area contributed by atoms with Gasteiger partial charge in [-0.1, -0.05) is 17.7 Å². The van der Waals surface area contributed by atoms with Crippen LogP contribution in [0.25, 0.3) is 0 Å². The Balaban J connectivity index is 2.57. The SMILES string of the molecule is O=C(Nc1c(F)c(F)c(C(F)(F)F)c(F)c1F)c1c(F)cccc1Cl. The van der Waals surface area contributed by atoms with Crippen LogP contribution in [-0.2, 0) is 6.18 Å². The zero-order valence-electron chi connectivity index (χ0n) is 11.5. The van der Waals surface area contributed by atoms with Crippen molar-refractivity contribution in [2.75, 3.05) is 5.32 Å². The molecule has 0 spiro atoms. The topological polar surface area (TPSA) is 29.1 Å². The van der Waals surface area contributed by atoms with E-state index >= 15 is 0 Å². The summed E-state index contributed by atoms with van der Waals surface area (Å²) in [6.45, 7) is 0. The second-order valence-corrected chi connectivity index (χ2v) is 4.96. The lowest BCUT2D eigenvalue weighted by Crippen LogP contribution is -2.21. The number of carbonyl (C=O) groups excluding carboxylic acids is 1. The summed E-state index contributed by atoms with van der Waals surface area (Å²) >= 11 is 5.53. The second-order valence-electron chi connectivity index (χ2n) is 4.55. The smallest absolute Gasteiger partial charge is 0.317 e. The molecule has 1 N–H and O–H groups in total. The molecule has 134 valence electrons. The van der Waals surface area contributed by atoms with Crippen LogP contribution in [0, 0.1) is 29.1 Å². The van der Waals surface area contributed by atoms with Crippen molar-refractivity contribution in [1.29, 1.82) is 0 Å². The van der Waals surface area contributed by atoms with Crippen molar-refractivity contribution < 1.29 is 39.9 Å². The number of rotatable bonds is 2. The maximum absolute atomic E-state index is 13.7. The van der Waals surface area contributed by atoms with E-state index in [1.807, 2.05) is 0 Å². The standard InChI is InChI=1S/C14H4ClF8NO/c15-4-2-1-3-5(16)6(4)13(25)24-12-10(19)8(17)7(14(21,22)23)9(18)11(12)20/h1-3H,(H,24,25). The highest BCUT2D eigenvalue weighted by Crippen LogP contribution is 2.38. The van der Waals surface area contributed by atoms with Crippen molar-refractivity contribution in [2.45, 2.75) is 6.18 Å². The van der Waals surface area contributed by atoms with Gasteiger partial charge in [0.15, 0.2) is 23.3 Å². The summed E-state index contributed by atoms with van der Waals surface area (Å²) in [4.78, 5) is 11.8. The van der Waals surface area contributed by atoms with Gasteiger partial charge in [-0.05, 0) is 12.1 Å². The molecule has 0 bridgehead atoms. The van der Waals surface area contributed by atoms with Crippen LogP contribution in [-0.4, -0.2) is 5.91 Å². The van der Waals surface area contributed by atoms with E-state index in [1.165, 1.54) is 5.32 Å². The number of nitrogens with one attached hydrogen (secondary N) is 1. The van der Waals surface area contributed by atoms with Crippen molar-refractivity contribution in [3.63, 3.8) is 0 Å². The molecule has 0 aliphatic rings. The first-order valence-corrected chi connectivity index (χ1v) is 6.53. The van der Waals surface area contributed by atoms with E-state index < -0.39 is 63.0 Å². The molecule has 0 saturated carbocycles. The first-order chi connectivity index (χ1) is 11.5. The highest BCUT2D eigenvalue weighted by Gasteiger charge is 2.42. The molecule has 0 radical (unpaired) electrons. The van der Waals surface area contributed by atoms with Crippen molar-refractivity contribution in [2.24, 2.45) is 0 Å². The molecule has 25 heavy (non-hydrogen) atoms. The molecule has 0 saturated heterocycles. The lowest BCUT2D eigenvalue weighted by atomic mass is 10.1. The number of carbonyl (C=O) groups is 1. The predicted molar refractivity (Wildman–Crippen MR) is 70.6 cm³/mol. The molecular formula is C14H4ClF8NO. The van der Waals surface area contributed by atoms with Gasteiger partial charge in [-0.25, -0.2) is 22.0 Å². The van der Waals surface area contributed by atoms with Gasteiger partial charge in [0.2, 0.25) is 0 Å². The Morgan fingerprint density at radius 1 is 0.920 bits per heavy atom. The van der Waals surface area contributed by atoms with Crippen LogP contribution in [0.3, 0.4) is 0 Å². The predicted octanol–water partition coefficient (Wildman–Crippen LogP) is 5.31. The van der Waals surface area contributed by atoms with Crippen LogP contribution < -0.4 is 5.32 Å². The molecule has 2 rings (SSSR count). The molecule has 2 nitrogen and oxygen atoms in total. The van der Waals surface area contributed by atoms with Gasteiger partial charge in [0.1, 0.15) is 17.1 Å². The molecule has 2 aromatic rings. The molecule has 0 fully saturated rings. The number of amides is 1. The van der Waals surface area contributed by atoms with Crippen molar-refractivity contribution in [1.82, 2.24) is 0 Å². The monoisotopic (exact) mass is 389 g/mol. The van der Waals surface area contributed by atoms with Crippen LogP contribution in [0.4, 0.5) is 40.8 Å². The molecule has 0 atom stereocenters. The van der Waals surface area contributed by atoms with Crippen molar-refractivity contribution in [3.8, 4) is 0 Å². The molecule has 1 amide bonds. The summed E-state index contributed by atoms with van der Waals surface area (Å²) in [7, 11) is 0. The number of halogens is 9. The lowest BCUT2D eigenvalue weighted by molar-refractivity contribution is -0.143.